The Balaban J connectivity index is 0.000000212. The number of fused-ring (bicyclic) bond motifs is 1. The number of carboxylic acids is 2. The summed E-state index contributed by atoms with van der Waals surface area (Å²) in [6.45, 7) is 0. The quantitative estimate of drug-likeness (QED) is 0.445. The van der Waals surface area contributed by atoms with Crippen molar-refractivity contribution in [3.05, 3.63) is 47.0 Å². The fourth-order valence-corrected chi connectivity index (χ4v) is 1.41. The predicted octanol–water partition coefficient (Wildman–Crippen LogP) is -1.80. The van der Waals surface area contributed by atoms with Crippen LogP contribution in [0.15, 0.2) is 36.5 Å². The van der Waals surface area contributed by atoms with Crippen molar-refractivity contribution in [2.75, 3.05) is 0 Å². The van der Waals surface area contributed by atoms with Crippen molar-refractivity contribution in [1.82, 2.24) is 5.32 Å². The van der Waals surface area contributed by atoms with E-state index in [4.69, 9.17) is 20.4 Å². The number of aliphatic hydroxyl groups is 2. The van der Waals surface area contributed by atoms with Crippen LogP contribution in [-0.4, -0.2) is 44.6 Å². The topological polar surface area (TPSA) is 127 Å². The number of carboxylic acid groups (broad SMARTS) is 2. The van der Waals surface area contributed by atoms with Crippen molar-refractivity contribution in [2.45, 2.75) is 12.2 Å². The minimum absolute atomic E-state index is 1.23. The number of hydrogen-bond acceptors (Lipinski definition) is 5. The van der Waals surface area contributed by atoms with E-state index in [0.717, 1.165) is 0 Å². The van der Waals surface area contributed by atoms with E-state index in [1.165, 1.54) is 10.4 Å². The molecule has 2 unspecified atom stereocenters. The summed E-state index contributed by atoms with van der Waals surface area (Å²) >= 11 is 0. The molecule has 1 aromatic rings. The second-order valence-corrected chi connectivity index (χ2v) is 4.03. The highest BCUT2D eigenvalue weighted by atomic mass is 16.4. The molecule has 1 aliphatic heterocycles. The van der Waals surface area contributed by atoms with Crippen LogP contribution in [0.1, 0.15) is 0 Å². The maximum Gasteiger partial charge on any atom is 0.335 e. The van der Waals surface area contributed by atoms with Gasteiger partial charge in [-0.3, -0.25) is 0 Å². The second-order valence-electron chi connectivity index (χ2n) is 4.03. The van der Waals surface area contributed by atoms with Crippen LogP contribution in [0.4, 0.5) is 0 Å². The Hall–Kier alpha value is -2.64. The lowest BCUT2D eigenvalue weighted by Crippen LogP contribution is -2.39. The van der Waals surface area contributed by atoms with E-state index in [0.29, 0.717) is 0 Å². The van der Waals surface area contributed by atoms with Gasteiger partial charge in [0.1, 0.15) is 0 Å². The molecule has 2 atom stereocenters. The van der Waals surface area contributed by atoms with Gasteiger partial charge in [0, 0.05) is 12.4 Å². The molecule has 0 radical (unpaired) electrons. The van der Waals surface area contributed by atoms with Crippen LogP contribution in [0, 0.1) is 0 Å². The van der Waals surface area contributed by atoms with Crippen molar-refractivity contribution in [1.29, 1.82) is 0 Å². The maximum atomic E-state index is 9.77. The Kier molecular flexibility index (Phi) is 6.12. The number of hydrogen-bond donors (Lipinski definition) is 5. The van der Waals surface area contributed by atoms with Crippen molar-refractivity contribution < 1.29 is 30.0 Å². The first-order valence-corrected chi connectivity index (χ1v) is 5.93. The second kappa shape index (κ2) is 7.83. The summed E-state index contributed by atoms with van der Waals surface area (Å²) in [5.41, 5.74) is 0. The fraction of sp³-hybridized carbons (Fsp3) is 0.143. The number of benzene rings is 1. The average Bonchev–Trinajstić information content (AvgIpc) is 2.71. The van der Waals surface area contributed by atoms with Gasteiger partial charge in [-0.25, -0.2) is 9.59 Å². The summed E-state index contributed by atoms with van der Waals surface area (Å²) in [7, 11) is 0. The van der Waals surface area contributed by atoms with Gasteiger partial charge in [0.05, 0.1) is 0 Å². The minimum atomic E-state index is -2.27. The van der Waals surface area contributed by atoms with Gasteiger partial charge in [-0.05, 0) is 16.5 Å². The van der Waals surface area contributed by atoms with Crippen LogP contribution in [0.5, 0.6) is 0 Å². The zero-order valence-corrected chi connectivity index (χ0v) is 10.9. The largest absolute Gasteiger partial charge is 0.479 e. The number of nitrogens with one attached hydrogen (secondary N) is 1. The SMILES string of the molecule is C1=CNC=c2ccccc2=C1.O=C(O)C(O)C(O)C(=O)O. The fourth-order valence-electron chi connectivity index (χ4n) is 1.41. The molecule has 7 heteroatoms. The number of carbonyl (C=O) groups is 2. The van der Waals surface area contributed by atoms with Crippen LogP contribution < -0.4 is 15.8 Å². The molecular weight excluding hydrogens is 278 g/mol. The summed E-state index contributed by atoms with van der Waals surface area (Å²) in [5.74, 6) is -3.54. The van der Waals surface area contributed by atoms with Crippen LogP contribution in [0.25, 0.3) is 12.3 Å². The molecular formula is C14H15NO6. The summed E-state index contributed by atoms with van der Waals surface area (Å²) in [5, 5.41) is 38.1. The third-order valence-electron chi connectivity index (χ3n) is 2.51. The van der Waals surface area contributed by atoms with E-state index in [1.54, 1.807) is 0 Å². The van der Waals surface area contributed by atoms with E-state index in [-0.39, 0.29) is 0 Å². The Morgan fingerprint density at radius 1 is 0.952 bits per heavy atom. The highest BCUT2D eigenvalue weighted by molar-refractivity contribution is 5.83. The Labute approximate surface area is 119 Å². The predicted molar refractivity (Wildman–Crippen MR) is 74.2 cm³/mol. The smallest absolute Gasteiger partial charge is 0.335 e. The number of allylic oxidation sites excluding steroid dienone is 1. The molecule has 0 spiro atoms. The molecule has 112 valence electrons. The maximum absolute atomic E-state index is 9.77. The van der Waals surface area contributed by atoms with E-state index in [2.05, 4.69) is 23.5 Å². The third-order valence-corrected chi connectivity index (χ3v) is 2.51. The van der Waals surface area contributed by atoms with Crippen molar-refractivity contribution in [3.8, 4) is 0 Å². The highest BCUT2D eigenvalue weighted by Gasteiger charge is 2.29. The average molecular weight is 293 g/mol. The first kappa shape index (κ1) is 16.4. The van der Waals surface area contributed by atoms with E-state index in [1.807, 2.05) is 30.6 Å². The van der Waals surface area contributed by atoms with Crippen LogP contribution in [0.2, 0.25) is 0 Å². The highest BCUT2D eigenvalue weighted by Crippen LogP contribution is 1.92. The molecule has 0 saturated carbocycles. The summed E-state index contributed by atoms with van der Waals surface area (Å²) < 4.78 is 0. The van der Waals surface area contributed by atoms with Gasteiger partial charge >= 0.3 is 11.9 Å². The van der Waals surface area contributed by atoms with Crippen LogP contribution in [0.3, 0.4) is 0 Å². The lowest BCUT2D eigenvalue weighted by atomic mass is 10.2. The van der Waals surface area contributed by atoms with Gasteiger partial charge in [0.15, 0.2) is 12.2 Å². The van der Waals surface area contributed by atoms with Gasteiger partial charge in [-0.2, -0.15) is 0 Å². The molecule has 1 aromatic carbocycles. The first-order valence-electron chi connectivity index (χ1n) is 5.93. The van der Waals surface area contributed by atoms with Gasteiger partial charge in [0.25, 0.3) is 0 Å². The van der Waals surface area contributed by atoms with Crippen LogP contribution >= 0.6 is 0 Å². The molecule has 0 aliphatic carbocycles. The van der Waals surface area contributed by atoms with Crippen molar-refractivity contribution in [3.63, 3.8) is 0 Å². The van der Waals surface area contributed by atoms with Crippen molar-refractivity contribution in [2.24, 2.45) is 0 Å². The monoisotopic (exact) mass is 293 g/mol. The Bertz CT molecular complexity index is 634. The summed E-state index contributed by atoms with van der Waals surface area (Å²) in [6.07, 6.45) is 3.47. The molecule has 1 heterocycles. The van der Waals surface area contributed by atoms with Crippen LogP contribution in [-0.2, 0) is 9.59 Å². The number of aliphatic carboxylic acids is 2. The number of rotatable bonds is 3. The zero-order chi connectivity index (χ0) is 15.8. The summed E-state index contributed by atoms with van der Waals surface area (Å²) in [4.78, 5) is 19.5. The molecule has 21 heavy (non-hydrogen) atoms. The molecule has 7 nitrogen and oxygen atoms in total. The molecule has 2 rings (SSSR count). The lowest BCUT2D eigenvalue weighted by molar-refractivity contribution is -0.165. The molecule has 0 amide bonds. The van der Waals surface area contributed by atoms with E-state index in [9.17, 15) is 9.59 Å². The Morgan fingerprint density at radius 2 is 1.48 bits per heavy atom. The lowest BCUT2D eigenvalue weighted by Gasteiger charge is -2.07. The normalized spacial score (nSPS) is 14.6. The van der Waals surface area contributed by atoms with E-state index >= 15 is 0 Å². The minimum Gasteiger partial charge on any atom is -0.479 e. The van der Waals surface area contributed by atoms with Gasteiger partial charge < -0.3 is 25.7 Å². The molecule has 0 aromatic heterocycles. The standard InChI is InChI=1S/C10H9N.C4H6O6/c1-2-5-10-8-11-7-3-6-9(10)4-1;5-1(3(7)8)2(6)4(9)10/h1-8,11H;1-2,5-6H,(H,7,8)(H,9,10). The zero-order valence-electron chi connectivity index (χ0n) is 10.9. The molecule has 1 aliphatic rings. The van der Waals surface area contributed by atoms with Gasteiger partial charge in [-0.1, -0.05) is 30.3 Å². The Morgan fingerprint density at radius 3 is 2.00 bits per heavy atom. The first-order chi connectivity index (χ1) is 9.93. The molecule has 0 saturated heterocycles. The summed E-state index contributed by atoms with van der Waals surface area (Å²) in [6, 6.07) is 8.27. The van der Waals surface area contributed by atoms with Gasteiger partial charge in [0.2, 0.25) is 0 Å². The molecule has 0 bridgehead atoms. The van der Waals surface area contributed by atoms with E-state index < -0.39 is 24.1 Å². The van der Waals surface area contributed by atoms with Gasteiger partial charge in [-0.15, -0.1) is 0 Å². The molecule has 5 N–H and O–H groups in total. The third kappa shape index (κ3) is 5.09. The number of aliphatic hydroxyl groups excluding tert-OH is 2. The molecule has 0 fully saturated rings. The van der Waals surface area contributed by atoms with Crippen molar-refractivity contribution >= 4 is 24.2 Å².